The topological polar surface area (TPSA) is 20.2 Å². The Morgan fingerprint density at radius 2 is 1.83 bits per heavy atom. The Morgan fingerprint density at radius 1 is 1.11 bits per heavy atom. The standard InChI is InChI=1S/C17H26O/c1-13-8-10-16(12-14(13)2)17(18)11-9-15-6-4-3-5-7-15/h3-7,13-14,16-18H,8-12H2,1-2H3. The number of aliphatic hydroxyl groups is 1. The molecule has 1 heteroatoms. The molecule has 1 aromatic rings. The Balaban J connectivity index is 1.80. The molecule has 0 spiro atoms. The van der Waals surface area contributed by atoms with Gasteiger partial charge in [-0.05, 0) is 49.0 Å². The van der Waals surface area contributed by atoms with Crippen molar-refractivity contribution >= 4 is 0 Å². The highest BCUT2D eigenvalue weighted by atomic mass is 16.3. The molecule has 0 amide bonds. The summed E-state index contributed by atoms with van der Waals surface area (Å²) in [6.45, 7) is 4.68. The largest absolute Gasteiger partial charge is 0.393 e. The van der Waals surface area contributed by atoms with Gasteiger partial charge in [0.2, 0.25) is 0 Å². The first-order valence-electron chi connectivity index (χ1n) is 7.39. The van der Waals surface area contributed by atoms with Crippen LogP contribution >= 0.6 is 0 Å². The van der Waals surface area contributed by atoms with E-state index >= 15 is 0 Å². The average Bonchev–Trinajstić information content (AvgIpc) is 2.40. The first kappa shape index (κ1) is 13.6. The molecule has 1 N–H and O–H groups in total. The average molecular weight is 246 g/mol. The van der Waals surface area contributed by atoms with E-state index in [4.69, 9.17) is 0 Å². The van der Waals surface area contributed by atoms with Crippen LogP contribution in [0.5, 0.6) is 0 Å². The zero-order valence-electron chi connectivity index (χ0n) is 11.7. The third-order valence-corrected chi connectivity index (χ3v) is 4.75. The van der Waals surface area contributed by atoms with Crippen LogP contribution in [0.1, 0.15) is 45.1 Å². The molecule has 4 atom stereocenters. The summed E-state index contributed by atoms with van der Waals surface area (Å²) in [5.41, 5.74) is 1.34. The highest BCUT2D eigenvalue weighted by Gasteiger charge is 2.28. The minimum atomic E-state index is -0.111. The third kappa shape index (κ3) is 3.58. The van der Waals surface area contributed by atoms with Crippen molar-refractivity contribution in [3.8, 4) is 0 Å². The predicted octanol–water partition coefficient (Wildman–Crippen LogP) is 4.05. The molecule has 0 aliphatic heterocycles. The molecule has 18 heavy (non-hydrogen) atoms. The van der Waals surface area contributed by atoms with E-state index in [9.17, 15) is 5.11 Å². The maximum Gasteiger partial charge on any atom is 0.0571 e. The van der Waals surface area contributed by atoms with E-state index in [1.54, 1.807) is 0 Å². The number of aliphatic hydroxyl groups excluding tert-OH is 1. The van der Waals surface area contributed by atoms with Gasteiger partial charge >= 0.3 is 0 Å². The molecule has 0 bridgehead atoms. The van der Waals surface area contributed by atoms with Crippen LogP contribution in [-0.4, -0.2) is 11.2 Å². The van der Waals surface area contributed by atoms with Gasteiger partial charge in [-0.2, -0.15) is 0 Å². The molecular weight excluding hydrogens is 220 g/mol. The Bertz CT molecular complexity index is 346. The second-order valence-corrected chi connectivity index (χ2v) is 6.12. The molecule has 0 saturated heterocycles. The van der Waals surface area contributed by atoms with Gasteiger partial charge in [-0.15, -0.1) is 0 Å². The van der Waals surface area contributed by atoms with Crippen LogP contribution in [0.3, 0.4) is 0 Å². The van der Waals surface area contributed by atoms with Crippen molar-refractivity contribution < 1.29 is 5.11 Å². The SMILES string of the molecule is CC1CCC(C(O)CCc2ccccc2)CC1C. The van der Waals surface area contributed by atoms with E-state index in [1.807, 2.05) is 6.07 Å². The molecular formula is C17H26O. The van der Waals surface area contributed by atoms with Gasteiger partial charge in [0, 0.05) is 0 Å². The lowest BCUT2D eigenvalue weighted by molar-refractivity contribution is 0.0510. The lowest BCUT2D eigenvalue weighted by Gasteiger charge is -2.34. The summed E-state index contributed by atoms with van der Waals surface area (Å²) in [6.07, 6.45) is 5.51. The summed E-state index contributed by atoms with van der Waals surface area (Å²) >= 11 is 0. The van der Waals surface area contributed by atoms with Crippen molar-refractivity contribution in [1.29, 1.82) is 0 Å². The minimum absolute atomic E-state index is 0.111. The van der Waals surface area contributed by atoms with E-state index < -0.39 is 0 Å². The third-order valence-electron chi connectivity index (χ3n) is 4.75. The van der Waals surface area contributed by atoms with E-state index in [0.29, 0.717) is 5.92 Å². The molecule has 4 unspecified atom stereocenters. The van der Waals surface area contributed by atoms with Crippen molar-refractivity contribution in [2.45, 2.75) is 52.1 Å². The van der Waals surface area contributed by atoms with Crippen molar-refractivity contribution in [3.63, 3.8) is 0 Å². The molecule has 0 heterocycles. The highest BCUT2D eigenvalue weighted by Crippen LogP contribution is 2.35. The van der Waals surface area contributed by atoms with Crippen LogP contribution < -0.4 is 0 Å². The maximum absolute atomic E-state index is 10.3. The minimum Gasteiger partial charge on any atom is -0.393 e. The molecule has 1 aromatic carbocycles. The Morgan fingerprint density at radius 3 is 2.50 bits per heavy atom. The van der Waals surface area contributed by atoms with Crippen LogP contribution in [0.2, 0.25) is 0 Å². The molecule has 1 aliphatic carbocycles. The second-order valence-electron chi connectivity index (χ2n) is 6.12. The molecule has 2 rings (SSSR count). The van der Waals surface area contributed by atoms with Crippen molar-refractivity contribution in [1.82, 2.24) is 0 Å². The van der Waals surface area contributed by atoms with Gasteiger partial charge in [0.05, 0.1) is 6.10 Å². The number of aryl methyl sites for hydroxylation is 1. The van der Waals surface area contributed by atoms with Crippen LogP contribution in [0, 0.1) is 17.8 Å². The van der Waals surface area contributed by atoms with Gasteiger partial charge in [-0.25, -0.2) is 0 Å². The summed E-state index contributed by atoms with van der Waals surface area (Å²) in [5.74, 6) is 2.14. The number of rotatable bonds is 4. The Kier molecular flexibility index (Phi) is 4.82. The zero-order chi connectivity index (χ0) is 13.0. The molecule has 100 valence electrons. The lowest BCUT2D eigenvalue weighted by atomic mass is 9.73. The van der Waals surface area contributed by atoms with Crippen LogP contribution in [-0.2, 0) is 6.42 Å². The van der Waals surface area contributed by atoms with E-state index in [-0.39, 0.29) is 6.10 Å². The first-order chi connectivity index (χ1) is 8.66. The second kappa shape index (κ2) is 6.38. The fraction of sp³-hybridized carbons (Fsp3) is 0.647. The van der Waals surface area contributed by atoms with Crippen molar-refractivity contribution in [2.75, 3.05) is 0 Å². The maximum atomic E-state index is 10.3. The first-order valence-corrected chi connectivity index (χ1v) is 7.39. The molecule has 1 fully saturated rings. The van der Waals surface area contributed by atoms with Crippen molar-refractivity contribution in [3.05, 3.63) is 35.9 Å². The fourth-order valence-electron chi connectivity index (χ4n) is 3.13. The molecule has 1 nitrogen and oxygen atoms in total. The fourth-order valence-corrected chi connectivity index (χ4v) is 3.13. The van der Waals surface area contributed by atoms with Crippen molar-refractivity contribution in [2.24, 2.45) is 17.8 Å². The van der Waals surface area contributed by atoms with Crippen LogP contribution in [0.15, 0.2) is 30.3 Å². The van der Waals surface area contributed by atoms with E-state index in [1.165, 1.54) is 24.8 Å². The van der Waals surface area contributed by atoms with Gasteiger partial charge in [0.15, 0.2) is 0 Å². The Labute approximate surface area is 111 Å². The van der Waals surface area contributed by atoms with Gasteiger partial charge < -0.3 is 5.11 Å². The predicted molar refractivity (Wildman–Crippen MR) is 76.4 cm³/mol. The van der Waals surface area contributed by atoms with E-state index in [2.05, 4.69) is 38.1 Å². The van der Waals surface area contributed by atoms with Gasteiger partial charge in [0.1, 0.15) is 0 Å². The molecule has 0 radical (unpaired) electrons. The number of hydrogen-bond donors (Lipinski definition) is 1. The zero-order valence-corrected chi connectivity index (χ0v) is 11.7. The van der Waals surface area contributed by atoms with Crippen LogP contribution in [0.4, 0.5) is 0 Å². The summed E-state index contributed by atoms with van der Waals surface area (Å²) in [7, 11) is 0. The highest BCUT2D eigenvalue weighted by molar-refractivity contribution is 5.14. The Hall–Kier alpha value is -0.820. The summed E-state index contributed by atoms with van der Waals surface area (Å²) in [4.78, 5) is 0. The molecule has 1 saturated carbocycles. The lowest BCUT2D eigenvalue weighted by Crippen LogP contribution is -2.29. The monoisotopic (exact) mass is 246 g/mol. The van der Waals surface area contributed by atoms with Gasteiger partial charge in [-0.1, -0.05) is 50.6 Å². The number of hydrogen-bond acceptors (Lipinski definition) is 1. The smallest absolute Gasteiger partial charge is 0.0571 e. The van der Waals surface area contributed by atoms with E-state index in [0.717, 1.165) is 24.7 Å². The normalized spacial score (nSPS) is 30.1. The molecule has 0 aromatic heterocycles. The van der Waals surface area contributed by atoms with Crippen LogP contribution in [0.25, 0.3) is 0 Å². The molecule has 1 aliphatic rings. The summed E-state index contributed by atoms with van der Waals surface area (Å²) < 4.78 is 0. The van der Waals surface area contributed by atoms with Gasteiger partial charge in [0.25, 0.3) is 0 Å². The summed E-state index contributed by atoms with van der Waals surface area (Å²) in [5, 5.41) is 10.3. The summed E-state index contributed by atoms with van der Waals surface area (Å²) in [6, 6.07) is 10.5. The number of benzene rings is 1. The quantitative estimate of drug-likeness (QED) is 0.849. The van der Waals surface area contributed by atoms with Gasteiger partial charge in [-0.3, -0.25) is 0 Å².